The van der Waals surface area contributed by atoms with E-state index in [9.17, 15) is 4.79 Å². The number of hydrogen-bond donors (Lipinski definition) is 0. The third-order valence-electron chi connectivity index (χ3n) is 3.09. The molecule has 1 aromatic rings. The van der Waals surface area contributed by atoms with Crippen molar-refractivity contribution in [1.82, 2.24) is 4.90 Å². The Morgan fingerprint density at radius 3 is 1.94 bits per heavy atom. The maximum absolute atomic E-state index is 11.7. The lowest BCUT2D eigenvalue weighted by Crippen LogP contribution is -2.21. The van der Waals surface area contributed by atoms with E-state index in [1.807, 2.05) is 12.1 Å². The van der Waals surface area contributed by atoms with Crippen LogP contribution in [0, 0.1) is 5.92 Å². The summed E-state index contributed by atoms with van der Waals surface area (Å²) in [5, 5.41) is 0. The van der Waals surface area contributed by atoms with Gasteiger partial charge in [0.05, 0.1) is 0 Å². The number of hydrogen-bond acceptors (Lipinski definition) is 1. The zero-order valence-electron chi connectivity index (χ0n) is 10.8. The molecule has 0 N–H and O–H groups in total. The van der Waals surface area contributed by atoms with Crippen LogP contribution in [-0.2, 0) is 0 Å². The molecule has 0 aromatic heterocycles. The molecule has 0 fully saturated rings. The molecule has 0 aliphatic carbocycles. The summed E-state index contributed by atoms with van der Waals surface area (Å²) in [5.41, 5.74) is 2.05. The first-order valence-electron chi connectivity index (χ1n) is 5.75. The van der Waals surface area contributed by atoms with Crippen LogP contribution in [0.4, 0.5) is 0 Å². The number of carbonyl (C=O) groups excluding carboxylic acids is 1. The quantitative estimate of drug-likeness (QED) is 0.764. The van der Waals surface area contributed by atoms with E-state index in [1.165, 1.54) is 5.56 Å². The molecule has 2 nitrogen and oxygen atoms in total. The highest BCUT2D eigenvalue weighted by atomic mass is 16.2. The summed E-state index contributed by atoms with van der Waals surface area (Å²) in [6.07, 6.45) is 0. The van der Waals surface area contributed by atoms with Crippen LogP contribution in [-0.4, -0.2) is 24.9 Å². The van der Waals surface area contributed by atoms with Crippen LogP contribution in [0.2, 0.25) is 0 Å². The predicted octanol–water partition coefficient (Wildman–Crippen LogP) is 3.15. The molecular weight excluding hydrogens is 198 g/mol. The van der Waals surface area contributed by atoms with Crippen molar-refractivity contribution >= 4 is 5.91 Å². The molecule has 88 valence electrons. The summed E-state index contributed by atoms with van der Waals surface area (Å²) in [6.45, 7) is 6.64. The third-order valence-corrected chi connectivity index (χ3v) is 3.09. The molecule has 0 heterocycles. The van der Waals surface area contributed by atoms with E-state index in [-0.39, 0.29) is 5.91 Å². The van der Waals surface area contributed by atoms with Gasteiger partial charge in [0, 0.05) is 19.7 Å². The van der Waals surface area contributed by atoms with E-state index in [2.05, 4.69) is 32.9 Å². The summed E-state index contributed by atoms with van der Waals surface area (Å²) >= 11 is 0. The first-order valence-corrected chi connectivity index (χ1v) is 5.75. The average Bonchev–Trinajstić information content (AvgIpc) is 2.27. The molecule has 1 amide bonds. The molecule has 0 saturated carbocycles. The molecule has 0 radical (unpaired) electrons. The summed E-state index contributed by atoms with van der Waals surface area (Å²) in [4.78, 5) is 13.3. The van der Waals surface area contributed by atoms with Crippen LogP contribution < -0.4 is 0 Å². The van der Waals surface area contributed by atoms with Crippen molar-refractivity contribution in [2.75, 3.05) is 14.1 Å². The topological polar surface area (TPSA) is 20.3 Å². The number of nitrogens with zero attached hydrogens (tertiary/aromatic N) is 1. The second-order valence-electron chi connectivity index (χ2n) is 4.85. The van der Waals surface area contributed by atoms with Crippen molar-refractivity contribution in [3.8, 4) is 0 Å². The average molecular weight is 219 g/mol. The predicted molar refractivity (Wildman–Crippen MR) is 67.7 cm³/mol. The first kappa shape index (κ1) is 12.8. The highest BCUT2D eigenvalue weighted by molar-refractivity contribution is 5.93. The zero-order chi connectivity index (χ0) is 12.3. The van der Waals surface area contributed by atoms with Gasteiger partial charge < -0.3 is 4.90 Å². The Morgan fingerprint density at radius 2 is 1.56 bits per heavy atom. The van der Waals surface area contributed by atoms with E-state index in [0.717, 1.165) is 5.56 Å². The number of benzene rings is 1. The van der Waals surface area contributed by atoms with E-state index in [1.54, 1.807) is 19.0 Å². The Morgan fingerprint density at radius 1 is 1.06 bits per heavy atom. The SMILES string of the molecule is CC(C)[C@@H](C)c1ccc(C(=O)N(C)C)cc1. The van der Waals surface area contributed by atoms with E-state index in [4.69, 9.17) is 0 Å². The molecule has 0 unspecified atom stereocenters. The molecule has 16 heavy (non-hydrogen) atoms. The highest BCUT2D eigenvalue weighted by Gasteiger charge is 2.11. The van der Waals surface area contributed by atoms with Gasteiger partial charge in [0.2, 0.25) is 0 Å². The van der Waals surface area contributed by atoms with Gasteiger partial charge in [-0.3, -0.25) is 4.79 Å². The molecule has 1 rings (SSSR count). The van der Waals surface area contributed by atoms with Crippen molar-refractivity contribution in [3.63, 3.8) is 0 Å². The van der Waals surface area contributed by atoms with Gasteiger partial charge in [-0.25, -0.2) is 0 Å². The fourth-order valence-corrected chi connectivity index (χ4v) is 1.57. The van der Waals surface area contributed by atoms with Gasteiger partial charge in [-0.15, -0.1) is 0 Å². The van der Waals surface area contributed by atoms with E-state index < -0.39 is 0 Å². The van der Waals surface area contributed by atoms with Gasteiger partial charge in [0.1, 0.15) is 0 Å². The van der Waals surface area contributed by atoms with Crippen molar-refractivity contribution in [1.29, 1.82) is 0 Å². The summed E-state index contributed by atoms with van der Waals surface area (Å²) in [7, 11) is 3.54. The number of amides is 1. The Hall–Kier alpha value is -1.31. The van der Waals surface area contributed by atoms with Gasteiger partial charge >= 0.3 is 0 Å². The Kier molecular flexibility index (Phi) is 4.11. The highest BCUT2D eigenvalue weighted by Crippen LogP contribution is 2.23. The minimum Gasteiger partial charge on any atom is -0.345 e. The molecule has 1 aromatic carbocycles. The number of rotatable bonds is 3. The van der Waals surface area contributed by atoms with Gasteiger partial charge in [-0.05, 0) is 29.5 Å². The fourth-order valence-electron chi connectivity index (χ4n) is 1.57. The molecule has 0 bridgehead atoms. The van der Waals surface area contributed by atoms with E-state index in [0.29, 0.717) is 11.8 Å². The lowest BCUT2D eigenvalue weighted by molar-refractivity contribution is 0.0827. The molecule has 1 atom stereocenters. The van der Waals surface area contributed by atoms with Crippen LogP contribution in [0.25, 0.3) is 0 Å². The normalized spacial score (nSPS) is 12.6. The smallest absolute Gasteiger partial charge is 0.253 e. The Labute approximate surface area is 98.3 Å². The standard InChI is InChI=1S/C14H21NO/c1-10(2)11(3)12-6-8-13(9-7-12)14(16)15(4)5/h6-11H,1-5H3/t11-/m1/s1. The van der Waals surface area contributed by atoms with Crippen LogP contribution in [0.15, 0.2) is 24.3 Å². The van der Waals surface area contributed by atoms with Crippen LogP contribution in [0.3, 0.4) is 0 Å². The maximum atomic E-state index is 11.7. The molecular formula is C14H21NO. The molecule has 0 aliphatic heterocycles. The molecule has 2 heteroatoms. The first-order chi connectivity index (χ1) is 7.43. The van der Waals surface area contributed by atoms with Crippen LogP contribution >= 0.6 is 0 Å². The summed E-state index contributed by atoms with van der Waals surface area (Å²) in [6, 6.07) is 7.94. The third kappa shape index (κ3) is 2.84. The maximum Gasteiger partial charge on any atom is 0.253 e. The second kappa shape index (κ2) is 5.15. The minimum atomic E-state index is 0.0590. The van der Waals surface area contributed by atoms with Gasteiger partial charge in [0.25, 0.3) is 5.91 Å². The molecule has 0 aliphatic rings. The molecule has 0 spiro atoms. The Bertz CT molecular complexity index is 352. The van der Waals surface area contributed by atoms with Gasteiger partial charge in [-0.1, -0.05) is 32.9 Å². The van der Waals surface area contributed by atoms with Crippen LogP contribution in [0.5, 0.6) is 0 Å². The van der Waals surface area contributed by atoms with Crippen molar-refractivity contribution in [2.45, 2.75) is 26.7 Å². The largest absolute Gasteiger partial charge is 0.345 e. The van der Waals surface area contributed by atoms with Crippen LogP contribution in [0.1, 0.15) is 42.6 Å². The number of carbonyl (C=O) groups is 1. The Balaban J connectivity index is 2.87. The van der Waals surface area contributed by atoms with Crippen molar-refractivity contribution < 1.29 is 4.79 Å². The fraction of sp³-hybridized carbons (Fsp3) is 0.500. The van der Waals surface area contributed by atoms with E-state index >= 15 is 0 Å². The summed E-state index contributed by atoms with van der Waals surface area (Å²) in [5.74, 6) is 1.21. The second-order valence-corrected chi connectivity index (χ2v) is 4.85. The van der Waals surface area contributed by atoms with Crippen molar-refractivity contribution in [2.24, 2.45) is 5.92 Å². The lowest BCUT2D eigenvalue weighted by atomic mass is 9.90. The monoisotopic (exact) mass is 219 g/mol. The lowest BCUT2D eigenvalue weighted by Gasteiger charge is -2.16. The van der Waals surface area contributed by atoms with Gasteiger partial charge in [0.15, 0.2) is 0 Å². The molecule has 0 saturated heterocycles. The minimum absolute atomic E-state index is 0.0590. The van der Waals surface area contributed by atoms with Crippen molar-refractivity contribution in [3.05, 3.63) is 35.4 Å². The summed E-state index contributed by atoms with van der Waals surface area (Å²) < 4.78 is 0. The zero-order valence-corrected chi connectivity index (χ0v) is 10.8. The van der Waals surface area contributed by atoms with Gasteiger partial charge in [-0.2, -0.15) is 0 Å².